The van der Waals surface area contributed by atoms with Gasteiger partial charge in [-0.25, -0.2) is 8.42 Å². The summed E-state index contributed by atoms with van der Waals surface area (Å²) in [6, 6.07) is 21.5. The number of rotatable bonds is 5. The van der Waals surface area contributed by atoms with Gasteiger partial charge in [0, 0.05) is 7.05 Å². The van der Waals surface area contributed by atoms with Gasteiger partial charge in [0.05, 0.1) is 21.2 Å². The molecule has 1 unspecified atom stereocenters. The quantitative estimate of drug-likeness (QED) is 0.527. The highest BCUT2D eigenvalue weighted by Gasteiger charge is 2.24. The van der Waals surface area contributed by atoms with Crippen LogP contribution in [0.5, 0.6) is 0 Å². The summed E-state index contributed by atoms with van der Waals surface area (Å²) in [7, 11) is -2.14. The number of nitrogens with one attached hydrogen (secondary N) is 1. The molecule has 148 valence electrons. The Labute approximate surface area is 173 Å². The zero-order chi connectivity index (χ0) is 20.6. The van der Waals surface area contributed by atoms with E-state index in [0.717, 1.165) is 33.5 Å². The topological polar surface area (TPSA) is 68.2 Å². The first-order valence-corrected chi connectivity index (χ1v) is 11.4. The molecule has 4 aromatic rings. The van der Waals surface area contributed by atoms with Crippen LogP contribution in [0.25, 0.3) is 10.2 Å². The second-order valence-corrected chi connectivity index (χ2v) is 9.59. The minimum atomic E-state index is -3.82. The Morgan fingerprint density at radius 1 is 0.966 bits per heavy atom. The zero-order valence-corrected chi connectivity index (χ0v) is 17.6. The number of benzene rings is 3. The molecule has 7 heteroatoms. The molecular formula is C22H20N2O3S2. The van der Waals surface area contributed by atoms with Gasteiger partial charge in [-0.3, -0.25) is 4.79 Å². The Morgan fingerprint density at radius 2 is 1.66 bits per heavy atom. The third-order valence-corrected chi connectivity index (χ3v) is 7.40. The summed E-state index contributed by atoms with van der Waals surface area (Å²) in [5.41, 5.74) is 3.47. The van der Waals surface area contributed by atoms with Crippen LogP contribution in [-0.4, -0.2) is 13.0 Å². The van der Waals surface area contributed by atoms with Crippen molar-refractivity contribution in [3.05, 3.63) is 99.2 Å². The third kappa shape index (κ3) is 3.76. The number of aryl methyl sites for hydroxylation is 2. The molecule has 0 saturated heterocycles. The molecule has 1 heterocycles. The summed E-state index contributed by atoms with van der Waals surface area (Å²) >= 11 is 1.04. The molecule has 0 amide bonds. The van der Waals surface area contributed by atoms with Crippen LogP contribution in [0.15, 0.2) is 82.5 Å². The predicted octanol–water partition coefficient (Wildman–Crippen LogP) is 3.98. The molecule has 0 aliphatic rings. The number of aromatic nitrogens is 1. The average molecular weight is 425 g/mol. The monoisotopic (exact) mass is 424 g/mol. The van der Waals surface area contributed by atoms with Crippen molar-refractivity contribution in [2.24, 2.45) is 7.05 Å². The number of hydrogen-bond acceptors (Lipinski definition) is 4. The number of fused-ring (bicyclic) bond motifs is 1. The maximum atomic E-state index is 13.2. The SMILES string of the molecule is Cc1ccccc1C(NS(=O)(=O)c1ccc2c(c1)sc(=O)n2C)c1ccccc1. The first kappa shape index (κ1) is 19.6. The van der Waals surface area contributed by atoms with Gasteiger partial charge in [-0.15, -0.1) is 0 Å². The van der Waals surface area contributed by atoms with Gasteiger partial charge in [0.2, 0.25) is 10.0 Å². The fourth-order valence-corrected chi connectivity index (χ4v) is 5.59. The van der Waals surface area contributed by atoms with Gasteiger partial charge in [-0.1, -0.05) is 65.9 Å². The maximum absolute atomic E-state index is 13.2. The molecule has 1 N–H and O–H groups in total. The molecule has 0 bridgehead atoms. The van der Waals surface area contributed by atoms with Crippen molar-refractivity contribution in [3.63, 3.8) is 0 Å². The smallest absolute Gasteiger partial charge is 0.302 e. The van der Waals surface area contributed by atoms with Crippen molar-refractivity contribution in [1.82, 2.24) is 9.29 Å². The molecule has 0 aliphatic carbocycles. The predicted molar refractivity (Wildman–Crippen MR) is 117 cm³/mol. The van der Waals surface area contributed by atoms with Gasteiger partial charge in [0.1, 0.15) is 0 Å². The van der Waals surface area contributed by atoms with E-state index in [1.54, 1.807) is 19.2 Å². The van der Waals surface area contributed by atoms with E-state index >= 15 is 0 Å². The van der Waals surface area contributed by atoms with Crippen LogP contribution in [0.4, 0.5) is 0 Å². The van der Waals surface area contributed by atoms with E-state index in [-0.39, 0.29) is 9.77 Å². The van der Waals surface area contributed by atoms with Gasteiger partial charge < -0.3 is 4.57 Å². The molecule has 5 nitrogen and oxygen atoms in total. The molecule has 0 spiro atoms. The van der Waals surface area contributed by atoms with Crippen LogP contribution in [-0.2, 0) is 17.1 Å². The Bertz CT molecular complexity index is 1340. The number of hydrogen-bond donors (Lipinski definition) is 1. The van der Waals surface area contributed by atoms with E-state index in [1.807, 2.05) is 61.5 Å². The third-order valence-electron chi connectivity index (χ3n) is 4.98. The Hall–Kier alpha value is -2.74. The summed E-state index contributed by atoms with van der Waals surface area (Å²) in [5.74, 6) is 0. The Kier molecular flexibility index (Phi) is 5.12. The minimum absolute atomic E-state index is 0.121. The average Bonchev–Trinajstić information content (AvgIpc) is 3.01. The van der Waals surface area contributed by atoms with Crippen molar-refractivity contribution in [2.75, 3.05) is 0 Å². The number of thiazole rings is 1. The minimum Gasteiger partial charge on any atom is -0.302 e. The molecule has 29 heavy (non-hydrogen) atoms. The molecule has 0 aliphatic heterocycles. The summed E-state index contributed by atoms with van der Waals surface area (Å²) in [6.45, 7) is 1.97. The summed E-state index contributed by atoms with van der Waals surface area (Å²) in [4.78, 5) is 11.9. The van der Waals surface area contributed by atoms with Crippen molar-refractivity contribution < 1.29 is 8.42 Å². The summed E-state index contributed by atoms with van der Waals surface area (Å²) in [5, 5.41) is 0. The molecule has 3 aromatic carbocycles. The van der Waals surface area contributed by atoms with Crippen molar-refractivity contribution in [3.8, 4) is 0 Å². The van der Waals surface area contributed by atoms with Gasteiger partial charge in [-0.2, -0.15) is 4.72 Å². The van der Waals surface area contributed by atoms with Crippen LogP contribution in [0.3, 0.4) is 0 Å². The summed E-state index contributed by atoms with van der Waals surface area (Å²) in [6.07, 6.45) is 0. The van der Waals surface area contributed by atoms with Crippen LogP contribution in [0.2, 0.25) is 0 Å². The molecule has 1 atom stereocenters. The van der Waals surface area contributed by atoms with Crippen molar-refractivity contribution in [1.29, 1.82) is 0 Å². The highest BCUT2D eigenvalue weighted by atomic mass is 32.2. The van der Waals surface area contributed by atoms with Gasteiger partial charge >= 0.3 is 4.87 Å². The van der Waals surface area contributed by atoms with Crippen molar-refractivity contribution >= 4 is 31.6 Å². The lowest BCUT2D eigenvalue weighted by molar-refractivity contribution is 0.572. The van der Waals surface area contributed by atoms with Gasteiger partial charge in [0.25, 0.3) is 0 Å². The van der Waals surface area contributed by atoms with Gasteiger partial charge in [0.15, 0.2) is 0 Å². The lowest BCUT2D eigenvalue weighted by Gasteiger charge is -2.21. The van der Waals surface area contributed by atoms with Crippen LogP contribution < -0.4 is 9.60 Å². The largest absolute Gasteiger partial charge is 0.307 e. The maximum Gasteiger partial charge on any atom is 0.307 e. The highest BCUT2D eigenvalue weighted by Crippen LogP contribution is 2.28. The summed E-state index contributed by atoms with van der Waals surface area (Å²) < 4.78 is 31.5. The van der Waals surface area contributed by atoms with Gasteiger partial charge in [-0.05, 0) is 41.8 Å². The number of sulfonamides is 1. The van der Waals surface area contributed by atoms with E-state index in [4.69, 9.17) is 0 Å². The fourth-order valence-electron chi connectivity index (χ4n) is 3.37. The van der Waals surface area contributed by atoms with E-state index in [9.17, 15) is 13.2 Å². The second-order valence-electron chi connectivity index (χ2n) is 6.88. The van der Waals surface area contributed by atoms with Crippen LogP contribution in [0.1, 0.15) is 22.7 Å². The molecule has 0 fully saturated rings. The number of nitrogens with zero attached hydrogens (tertiary/aromatic N) is 1. The molecule has 1 aromatic heterocycles. The first-order chi connectivity index (χ1) is 13.9. The lowest BCUT2D eigenvalue weighted by atomic mass is 9.96. The van der Waals surface area contributed by atoms with Crippen LogP contribution >= 0.6 is 11.3 Å². The molecular weight excluding hydrogens is 404 g/mol. The molecule has 0 saturated carbocycles. The van der Waals surface area contributed by atoms with Crippen molar-refractivity contribution in [2.45, 2.75) is 17.9 Å². The van der Waals surface area contributed by atoms with E-state index in [2.05, 4.69) is 4.72 Å². The first-order valence-electron chi connectivity index (χ1n) is 9.09. The highest BCUT2D eigenvalue weighted by molar-refractivity contribution is 7.89. The van der Waals surface area contributed by atoms with E-state index < -0.39 is 16.1 Å². The second kappa shape index (κ2) is 7.59. The standard InChI is InChI=1S/C22H20N2O3S2/c1-15-8-6-7-11-18(15)21(16-9-4-3-5-10-16)23-29(26,27)17-12-13-19-20(14-17)28-22(25)24(19)2/h3-14,21,23H,1-2H3. The Balaban J connectivity index is 1.79. The Morgan fingerprint density at radius 3 is 2.38 bits per heavy atom. The fraction of sp³-hybridized carbons (Fsp3) is 0.136. The lowest BCUT2D eigenvalue weighted by Crippen LogP contribution is -2.30. The zero-order valence-electron chi connectivity index (χ0n) is 16.0. The van der Waals surface area contributed by atoms with E-state index in [1.165, 1.54) is 10.6 Å². The normalized spacial score (nSPS) is 12.9. The van der Waals surface area contributed by atoms with E-state index in [0.29, 0.717) is 4.70 Å². The molecule has 4 rings (SSSR count). The van der Waals surface area contributed by atoms with Crippen LogP contribution in [0, 0.1) is 6.92 Å². The molecule has 0 radical (unpaired) electrons.